The number of hydrogen-bond acceptors (Lipinski definition) is 1. The largest absolute Gasteiger partial charge is 0.481 e. The first-order valence-corrected chi connectivity index (χ1v) is 13.8. The SMILES string of the molecule is CCCCCCCCC=CCC=CCCCCCCCCCCCCCCCC(=O)O. The fourth-order valence-corrected chi connectivity index (χ4v) is 4.03. The van der Waals surface area contributed by atoms with Crippen molar-refractivity contribution in [2.45, 2.75) is 155 Å². The maximum atomic E-state index is 10.4. The lowest BCUT2D eigenvalue weighted by Crippen LogP contribution is -1.93. The second-order valence-corrected chi connectivity index (χ2v) is 9.26. The summed E-state index contributed by atoms with van der Waals surface area (Å²) >= 11 is 0. The van der Waals surface area contributed by atoms with Gasteiger partial charge in [0.25, 0.3) is 0 Å². The summed E-state index contributed by atoms with van der Waals surface area (Å²) in [6.45, 7) is 2.28. The third-order valence-corrected chi connectivity index (χ3v) is 6.09. The van der Waals surface area contributed by atoms with Crippen LogP contribution in [0.25, 0.3) is 0 Å². The molecular formula is C29H54O2. The van der Waals surface area contributed by atoms with E-state index in [0.717, 1.165) is 19.3 Å². The van der Waals surface area contributed by atoms with Crippen LogP contribution in [-0.2, 0) is 4.79 Å². The van der Waals surface area contributed by atoms with E-state index < -0.39 is 5.97 Å². The first-order valence-electron chi connectivity index (χ1n) is 13.8. The van der Waals surface area contributed by atoms with Gasteiger partial charge in [-0.1, -0.05) is 134 Å². The summed E-state index contributed by atoms with van der Waals surface area (Å²) in [6, 6.07) is 0. The lowest BCUT2D eigenvalue weighted by molar-refractivity contribution is -0.137. The number of carbonyl (C=O) groups is 1. The summed E-state index contributed by atoms with van der Waals surface area (Å²) in [5.74, 6) is -0.654. The van der Waals surface area contributed by atoms with Gasteiger partial charge < -0.3 is 5.11 Å². The van der Waals surface area contributed by atoms with E-state index in [9.17, 15) is 4.79 Å². The smallest absolute Gasteiger partial charge is 0.303 e. The summed E-state index contributed by atoms with van der Waals surface area (Å²) in [5, 5.41) is 8.60. The zero-order valence-electron chi connectivity index (χ0n) is 20.9. The van der Waals surface area contributed by atoms with Gasteiger partial charge >= 0.3 is 5.97 Å². The molecule has 0 fully saturated rings. The minimum absolute atomic E-state index is 0.340. The highest BCUT2D eigenvalue weighted by Gasteiger charge is 1.97. The molecule has 0 heterocycles. The van der Waals surface area contributed by atoms with E-state index in [1.807, 2.05) is 0 Å². The Morgan fingerprint density at radius 2 is 0.871 bits per heavy atom. The predicted octanol–water partition coefficient (Wildman–Crippen LogP) is 10.2. The zero-order valence-corrected chi connectivity index (χ0v) is 20.9. The molecule has 0 unspecified atom stereocenters. The van der Waals surface area contributed by atoms with E-state index in [1.165, 1.54) is 122 Å². The van der Waals surface area contributed by atoms with Gasteiger partial charge in [-0.3, -0.25) is 4.79 Å². The van der Waals surface area contributed by atoms with Crippen LogP contribution in [0.3, 0.4) is 0 Å². The number of aliphatic carboxylic acids is 1. The summed E-state index contributed by atoms with van der Waals surface area (Å²) < 4.78 is 0. The first kappa shape index (κ1) is 29.9. The highest BCUT2D eigenvalue weighted by atomic mass is 16.4. The fraction of sp³-hybridized carbons (Fsp3) is 0.828. The normalized spacial score (nSPS) is 11.8. The zero-order chi connectivity index (χ0) is 22.7. The van der Waals surface area contributed by atoms with Crippen LogP contribution in [0.5, 0.6) is 0 Å². The van der Waals surface area contributed by atoms with Crippen molar-refractivity contribution in [3.05, 3.63) is 24.3 Å². The minimum atomic E-state index is -0.654. The lowest BCUT2D eigenvalue weighted by atomic mass is 10.0. The number of carboxylic acid groups (broad SMARTS) is 1. The highest BCUT2D eigenvalue weighted by molar-refractivity contribution is 5.66. The Kier molecular flexibility index (Phi) is 26.1. The van der Waals surface area contributed by atoms with Crippen molar-refractivity contribution in [3.63, 3.8) is 0 Å². The molecule has 31 heavy (non-hydrogen) atoms. The van der Waals surface area contributed by atoms with Crippen molar-refractivity contribution in [1.29, 1.82) is 0 Å². The summed E-state index contributed by atoms with van der Waals surface area (Å²) in [6.07, 6.45) is 38.5. The molecule has 0 aromatic heterocycles. The van der Waals surface area contributed by atoms with E-state index in [2.05, 4.69) is 31.2 Å². The average molecular weight is 435 g/mol. The van der Waals surface area contributed by atoms with Gasteiger partial charge in [-0.15, -0.1) is 0 Å². The molecule has 1 N–H and O–H groups in total. The topological polar surface area (TPSA) is 37.3 Å². The quantitative estimate of drug-likeness (QED) is 0.115. The van der Waals surface area contributed by atoms with Gasteiger partial charge in [0.05, 0.1) is 0 Å². The molecule has 0 rings (SSSR count). The van der Waals surface area contributed by atoms with Crippen LogP contribution in [0.1, 0.15) is 155 Å². The Labute approximate surface area is 195 Å². The number of rotatable bonds is 25. The van der Waals surface area contributed by atoms with Gasteiger partial charge in [0.15, 0.2) is 0 Å². The van der Waals surface area contributed by atoms with E-state index in [-0.39, 0.29) is 0 Å². The van der Waals surface area contributed by atoms with Crippen LogP contribution < -0.4 is 0 Å². The molecule has 0 saturated carbocycles. The van der Waals surface area contributed by atoms with Crippen molar-refractivity contribution in [3.8, 4) is 0 Å². The molecule has 0 saturated heterocycles. The molecular weight excluding hydrogens is 380 g/mol. The molecule has 182 valence electrons. The Morgan fingerprint density at radius 1 is 0.516 bits per heavy atom. The molecule has 0 aliphatic heterocycles. The van der Waals surface area contributed by atoms with Crippen LogP contribution in [0, 0.1) is 0 Å². The summed E-state index contributed by atoms with van der Waals surface area (Å²) in [7, 11) is 0. The molecule has 0 aliphatic rings. The fourth-order valence-electron chi connectivity index (χ4n) is 4.03. The van der Waals surface area contributed by atoms with E-state index in [1.54, 1.807) is 0 Å². The first-order chi connectivity index (χ1) is 15.3. The van der Waals surface area contributed by atoms with Crippen LogP contribution in [-0.4, -0.2) is 11.1 Å². The van der Waals surface area contributed by atoms with Crippen LogP contribution in [0.15, 0.2) is 24.3 Å². The summed E-state index contributed by atoms with van der Waals surface area (Å²) in [5.41, 5.74) is 0. The molecule has 0 radical (unpaired) electrons. The van der Waals surface area contributed by atoms with E-state index >= 15 is 0 Å². The molecule has 0 aromatic carbocycles. The Bertz CT molecular complexity index is 411. The van der Waals surface area contributed by atoms with E-state index in [4.69, 9.17) is 5.11 Å². The van der Waals surface area contributed by atoms with Crippen molar-refractivity contribution >= 4 is 5.97 Å². The Morgan fingerprint density at radius 3 is 1.26 bits per heavy atom. The maximum Gasteiger partial charge on any atom is 0.303 e. The average Bonchev–Trinajstić information content (AvgIpc) is 2.76. The van der Waals surface area contributed by atoms with Gasteiger partial charge in [0.1, 0.15) is 0 Å². The number of unbranched alkanes of at least 4 members (excludes halogenated alkanes) is 19. The second-order valence-electron chi connectivity index (χ2n) is 9.26. The van der Waals surface area contributed by atoms with Crippen LogP contribution in [0.2, 0.25) is 0 Å². The van der Waals surface area contributed by atoms with Gasteiger partial charge in [0.2, 0.25) is 0 Å². The highest BCUT2D eigenvalue weighted by Crippen LogP contribution is 2.13. The molecule has 0 spiro atoms. The minimum Gasteiger partial charge on any atom is -0.481 e. The number of allylic oxidation sites excluding steroid dienone is 4. The third kappa shape index (κ3) is 28.9. The Balaban J connectivity index is 3.14. The van der Waals surface area contributed by atoms with Crippen molar-refractivity contribution in [2.24, 2.45) is 0 Å². The van der Waals surface area contributed by atoms with Gasteiger partial charge in [-0.05, 0) is 38.5 Å². The standard InChI is InChI=1S/C29H54O2/c1-2-3-4-5-6-7-8-9-10-11-12-13-14-15-16-17-18-19-20-21-22-23-24-25-26-27-28-29(30)31/h9-10,12-13H,2-8,11,14-28H2,1H3,(H,30,31). The molecule has 0 bridgehead atoms. The molecule has 2 nitrogen and oxygen atoms in total. The van der Waals surface area contributed by atoms with Crippen molar-refractivity contribution in [1.82, 2.24) is 0 Å². The van der Waals surface area contributed by atoms with Gasteiger partial charge in [-0.25, -0.2) is 0 Å². The third-order valence-electron chi connectivity index (χ3n) is 6.09. The molecule has 0 atom stereocenters. The monoisotopic (exact) mass is 434 g/mol. The lowest BCUT2D eigenvalue weighted by Gasteiger charge is -2.03. The van der Waals surface area contributed by atoms with Gasteiger partial charge in [-0.2, -0.15) is 0 Å². The van der Waals surface area contributed by atoms with Crippen LogP contribution >= 0.6 is 0 Å². The number of carboxylic acids is 1. The molecule has 0 aliphatic carbocycles. The van der Waals surface area contributed by atoms with E-state index in [0.29, 0.717) is 6.42 Å². The number of hydrogen-bond donors (Lipinski definition) is 1. The van der Waals surface area contributed by atoms with Crippen LogP contribution in [0.4, 0.5) is 0 Å². The second kappa shape index (κ2) is 27.0. The molecule has 2 heteroatoms. The van der Waals surface area contributed by atoms with Gasteiger partial charge in [0, 0.05) is 6.42 Å². The van der Waals surface area contributed by atoms with Crippen molar-refractivity contribution in [2.75, 3.05) is 0 Å². The molecule has 0 amide bonds. The molecule has 0 aromatic rings. The summed E-state index contributed by atoms with van der Waals surface area (Å²) in [4.78, 5) is 10.4. The van der Waals surface area contributed by atoms with Crippen molar-refractivity contribution < 1.29 is 9.90 Å². The maximum absolute atomic E-state index is 10.4. The Hall–Kier alpha value is -1.05. The predicted molar refractivity (Wildman–Crippen MR) is 138 cm³/mol.